The number of hydrogen-bond donors (Lipinski definition) is 0. The molecule has 1 unspecified atom stereocenters. The van der Waals surface area contributed by atoms with Crippen molar-refractivity contribution in [3.05, 3.63) is 29.3 Å². The van der Waals surface area contributed by atoms with Gasteiger partial charge in [0.25, 0.3) is 0 Å². The Bertz CT molecular complexity index is 671. The number of benzene rings is 1. The smallest absolute Gasteiger partial charge is 0.128 e. The molecule has 1 aliphatic carbocycles. The van der Waals surface area contributed by atoms with Crippen molar-refractivity contribution in [2.75, 3.05) is 0 Å². The summed E-state index contributed by atoms with van der Waals surface area (Å²) in [6.07, 6.45) is 4.99. The fourth-order valence-corrected chi connectivity index (χ4v) is 3.43. The van der Waals surface area contributed by atoms with Crippen LogP contribution in [0.3, 0.4) is 0 Å². The van der Waals surface area contributed by atoms with Gasteiger partial charge in [0.1, 0.15) is 11.6 Å². The van der Waals surface area contributed by atoms with E-state index < -0.39 is 0 Å². The van der Waals surface area contributed by atoms with Gasteiger partial charge in [0.15, 0.2) is 0 Å². The molecule has 3 rings (SSSR count). The van der Waals surface area contributed by atoms with Crippen LogP contribution >= 0.6 is 11.6 Å². The molecule has 0 radical (unpaired) electrons. The molecule has 0 aliphatic heterocycles. The topological polar surface area (TPSA) is 17.8 Å². The van der Waals surface area contributed by atoms with Gasteiger partial charge in [-0.15, -0.1) is 11.6 Å². The summed E-state index contributed by atoms with van der Waals surface area (Å²) in [5.74, 6) is 0.662. The van der Waals surface area contributed by atoms with E-state index in [-0.39, 0.29) is 11.2 Å². The molecular formula is C17H22ClFN2. The standard InChI is InChI=1S/C17H22ClFN2/c1-4-5-17(6-7-17)10-21-15-8-11(2)13(19)9-14(15)20-16(21)12(3)18/h8-9,12H,4-7,10H2,1-3H3. The van der Waals surface area contributed by atoms with E-state index in [0.29, 0.717) is 16.5 Å². The van der Waals surface area contributed by atoms with Crippen LogP contribution in [0.5, 0.6) is 0 Å². The molecule has 2 aromatic rings. The molecule has 0 amide bonds. The summed E-state index contributed by atoms with van der Waals surface area (Å²) in [5, 5.41) is -0.168. The molecule has 21 heavy (non-hydrogen) atoms. The molecule has 1 aliphatic rings. The van der Waals surface area contributed by atoms with E-state index in [1.165, 1.54) is 31.7 Å². The van der Waals surface area contributed by atoms with E-state index >= 15 is 0 Å². The van der Waals surface area contributed by atoms with Crippen molar-refractivity contribution >= 4 is 22.6 Å². The van der Waals surface area contributed by atoms with E-state index in [4.69, 9.17) is 11.6 Å². The predicted octanol–water partition coefficient (Wildman–Crippen LogP) is 5.36. The van der Waals surface area contributed by atoms with Gasteiger partial charge in [-0.2, -0.15) is 0 Å². The van der Waals surface area contributed by atoms with Gasteiger partial charge in [-0.1, -0.05) is 13.3 Å². The zero-order valence-electron chi connectivity index (χ0n) is 12.9. The highest BCUT2D eigenvalue weighted by molar-refractivity contribution is 6.20. The van der Waals surface area contributed by atoms with Gasteiger partial charge in [-0.25, -0.2) is 9.37 Å². The van der Waals surface area contributed by atoms with Crippen LogP contribution < -0.4 is 0 Å². The van der Waals surface area contributed by atoms with Crippen LogP contribution in [-0.2, 0) is 6.54 Å². The molecule has 1 aromatic heterocycles. The largest absolute Gasteiger partial charge is 0.326 e. The molecular weight excluding hydrogens is 287 g/mol. The average molecular weight is 309 g/mol. The van der Waals surface area contributed by atoms with E-state index in [0.717, 1.165) is 17.9 Å². The number of nitrogens with zero attached hydrogens (tertiary/aromatic N) is 2. The van der Waals surface area contributed by atoms with Gasteiger partial charge in [-0.05, 0) is 50.2 Å². The highest BCUT2D eigenvalue weighted by Crippen LogP contribution is 2.51. The molecule has 1 saturated carbocycles. The Labute approximate surface area is 130 Å². The Morgan fingerprint density at radius 3 is 2.71 bits per heavy atom. The quantitative estimate of drug-likeness (QED) is 0.679. The first-order chi connectivity index (χ1) is 9.96. The first kappa shape index (κ1) is 14.8. The van der Waals surface area contributed by atoms with Crippen molar-refractivity contribution in [2.45, 2.75) is 58.4 Å². The first-order valence-corrected chi connectivity index (χ1v) is 8.20. The summed E-state index contributed by atoms with van der Waals surface area (Å²) >= 11 is 6.31. The SMILES string of the molecule is CCCC1(Cn2c(C(C)Cl)nc3cc(F)c(C)cc32)CC1. The monoisotopic (exact) mass is 308 g/mol. The number of hydrogen-bond acceptors (Lipinski definition) is 1. The van der Waals surface area contributed by atoms with Gasteiger partial charge in [0, 0.05) is 12.6 Å². The van der Waals surface area contributed by atoms with Crippen molar-refractivity contribution in [3.8, 4) is 0 Å². The number of halogens is 2. The minimum atomic E-state index is -0.199. The fourth-order valence-electron chi connectivity index (χ4n) is 3.27. The van der Waals surface area contributed by atoms with Gasteiger partial charge in [0.05, 0.1) is 16.4 Å². The van der Waals surface area contributed by atoms with Crippen LogP contribution in [0.4, 0.5) is 4.39 Å². The van der Waals surface area contributed by atoms with Crippen LogP contribution in [0.1, 0.15) is 56.3 Å². The van der Waals surface area contributed by atoms with E-state index in [9.17, 15) is 4.39 Å². The lowest BCUT2D eigenvalue weighted by atomic mass is 10.0. The third-order valence-electron chi connectivity index (χ3n) is 4.64. The van der Waals surface area contributed by atoms with Crippen molar-refractivity contribution < 1.29 is 4.39 Å². The number of aryl methyl sites for hydroxylation is 1. The summed E-state index contributed by atoms with van der Waals surface area (Å²) in [6, 6.07) is 3.44. The molecule has 1 heterocycles. The number of aromatic nitrogens is 2. The molecule has 4 heteroatoms. The van der Waals surface area contributed by atoms with Gasteiger partial charge in [0.2, 0.25) is 0 Å². The lowest BCUT2D eigenvalue weighted by Crippen LogP contribution is -2.14. The molecule has 0 bridgehead atoms. The molecule has 0 N–H and O–H groups in total. The summed E-state index contributed by atoms with van der Waals surface area (Å²) in [6.45, 7) is 6.92. The fraction of sp³-hybridized carbons (Fsp3) is 0.588. The van der Waals surface area contributed by atoms with Crippen molar-refractivity contribution in [3.63, 3.8) is 0 Å². The lowest BCUT2D eigenvalue weighted by molar-refractivity contribution is 0.387. The molecule has 1 atom stereocenters. The van der Waals surface area contributed by atoms with E-state index in [1.807, 2.05) is 13.0 Å². The molecule has 2 nitrogen and oxygen atoms in total. The third-order valence-corrected chi connectivity index (χ3v) is 4.84. The van der Waals surface area contributed by atoms with Crippen LogP contribution in [0.25, 0.3) is 11.0 Å². The summed E-state index contributed by atoms with van der Waals surface area (Å²) < 4.78 is 16.0. The first-order valence-electron chi connectivity index (χ1n) is 7.76. The van der Waals surface area contributed by atoms with Crippen molar-refractivity contribution in [1.82, 2.24) is 9.55 Å². The number of fused-ring (bicyclic) bond motifs is 1. The normalized spacial score (nSPS) is 18.1. The molecule has 1 fully saturated rings. The minimum absolute atomic E-state index is 0.168. The Hall–Kier alpha value is -1.09. The Kier molecular flexibility index (Phi) is 3.73. The van der Waals surface area contributed by atoms with Gasteiger partial charge in [-0.3, -0.25) is 0 Å². The Morgan fingerprint density at radius 1 is 1.43 bits per heavy atom. The summed E-state index contributed by atoms with van der Waals surface area (Å²) in [7, 11) is 0. The highest BCUT2D eigenvalue weighted by atomic mass is 35.5. The maximum Gasteiger partial charge on any atom is 0.128 e. The second kappa shape index (κ2) is 5.28. The minimum Gasteiger partial charge on any atom is -0.326 e. The van der Waals surface area contributed by atoms with Gasteiger partial charge >= 0.3 is 0 Å². The Balaban J connectivity index is 2.10. The lowest BCUT2D eigenvalue weighted by Gasteiger charge is -2.18. The maximum atomic E-state index is 13.8. The zero-order valence-corrected chi connectivity index (χ0v) is 13.7. The zero-order chi connectivity index (χ0) is 15.2. The van der Waals surface area contributed by atoms with Crippen LogP contribution in [0.2, 0.25) is 0 Å². The van der Waals surface area contributed by atoms with Gasteiger partial charge < -0.3 is 4.57 Å². The van der Waals surface area contributed by atoms with E-state index in [2.05, 4.69) is 16.5 Å². The molecule has 1 aromatic carbocycles. The summed E-state index contributed by atoms with van der Waals surface area (Å²) in [5.41, 5.74) is 2.80. The second-order valence-corrected chi connectivity index (χ2v) is 7.17. The number of imidazole rings is 1. The van der Waals surface area contributed by atoms with Crippen molar-refractivity contribution in [1.29, 1.82) is 0 Å². The van der Waals surface area contributed by atoms with E-state index in [1.54, 1.807) is 6.92 Å². The van der Waals surface area contributed by atoms with Crippen LogP contribution in [0, 0.1) is 18.2 Å². The summed E-state index contributed by atoms with van der Waals surface area (Å²) in [4.78, 5) is 4.58. The number of rotatable bonds is 5. The molecule has 0 saturated heterocycles. The Morgan fingerprint density at radius 2 is 2.14 bits per heavy atom. The van der Waals surface area contributed by atoms with Crippen LogP contribution in [-0.4, -0.2) is 9.55 Å². The third kappa shape index (κ3) is 2.68. The molecule has 0 spiro atoms. The highest BCUT2D eigenvalue weighted by Gasteiger charge is 2.42. The van der Waals surface area contributed by atoms with Crippen molar-refractivity contribution in [2.24, 2.45) is 5.41 Å². The number of alkyl halides is 1. The van der Waals surface area contributed by atoms with Crippen LogP contribution in [0.15, 0.2) is 12.1 Å². The second-order valence-electron chi connectivity index (χ2n) is 6.51. The molecule has 114 valence electrons. The predicted molar refractivity (Wildman–Crippen MR) is 85.3 cm³/mol. The average Bonchev–Trinajstić information content (AvgIpc) is 3.09. The maximum absolute atomic E-state index is 13.8.